The third-order valence-corrected chi connectivity index (χ3v) is 4.56. The van der Waals surface area contributed by atoms with Crippen LogP contribution in [0.25, 0.3) is 10.9 Å². The molecule has 1 aromatic carbocycles. The first kappa shape index (κ1) is 15.1. The number of fused-ring (bicyclic) bond motifs is 1. The second-order valence-electron chi connectivity index (χ2n) is 6.32. The Kier molecular flexibility index (Phi) is 4.48. The largest absolute Gasteiger partial charge is 0.494 e. The van der Waals surface area contributed by atoms with Gasteiger partial charge in [-0.15, -0.1) is 0 Å². The average molecular weight is 299 g/mol. The number of nitrogens with one attached hydrogen (secondary N) is 1. The van der Waals surface area contributed by atoms with Crippen LogP contribution in [-0.4, -0.2) is 43.7 Å². The third-order valence-electron chi connectivity index (χ3n) is 4.56. The van der Waals surface area contributed by atoms with Crippen molar-refractivity contribution in [1.29, 1.82) is 0 Å². The molecule has 1 aliphatic rings. The number of methoxy groups -OCH3 is 1. The van der Waals surface area contributed by atoms with Crippen LogP contribution in [0.1, 0.15) is 18.4 Å². The molecule has 0 radical (unpaired) electrons. The molecule has 2 heterocycles. The van der Waals surface area contributed by atoms with Gasteiger partial charge in [0.05, 0.1) is 7.11 Å². The van der Waals surface area contributed by atoms with E-state index >= 15 is 0 Å². The summed E-state index contributed by atoms with van der Waals surface area (Å²) in [5, 5.41) is 4.82. The van der Waals surface area contributed by atoms with Gasteiger partial charge >= 0.3 is 0 Å². The number of pyridine rings is 1. The number of piperidine rings is 1. The number of ether oxygens (including phenoxy) is 1. The van der Waals surface area contributed by atoms with E-state index in [9.17, 15) is 0 Å². The number of likely N-dealkylation sites (tertiary alicyclic amines) is 1. The fourth-order valence-corrected chi connectivity index (χ4v) is 3.38. The Balaban J connectivity index is 1.85. The molecule has 1 unspecified atom stereocenters. The fourth-order valence-electron chi connectivity index (χ4n) is 3.38. The normalized spacial score (nSPS) is 19.3. The molecule has 3 rings (SSSR count). The average Bonchev–Trinajstić information content (AvgIpc) is 2.53. The molecule has 0 aliphatic carbocycles. The van der Waals surface area contributed by atoms with E-state index in [1.165, 1.54) is 37.2 Å². The highest BCUT2D eigenvalue weighted by molar-refractivity contribution is 5.96. The van der Waals surface area contributed by atoms with Crippen molar-refractivity contribution in [3.05, 3.63) is 30.0 Å². The van der Waals surface area contributed by atoms with Gasteiger partial charge in [-0.1, -0.05) is 12.1 Å². The predicted octanol–water partition coefficient (Wildman–Crippen LogP) is 3.31. The highest BCUT2D eigenvalue weighted by atomic mass is 16.5. The zero-order valence-corrected chi connectivity index (χ0v) is 13.7. The smallest absolute Gasteiger partial charge is 0.145 e. The minimum absolute atomic E-state index is 0.715. The maximum Gasteiger partial charge on any atom is 0.145 e. The van der Waals surface area contributed by atoms with E-state index in [1.54, 1.807) is 7.11 Å². The van der Waals surface area contributed by atoms with Crippen LogP contribution in [0.2, 0.25) is 0 Å². The predicted molar refractivity (Wildman–Crippen MR) is 91.7 cm³/mol. The summed E-state index contributed by atoms with van der Waals surface area (Å²) in [6, 6.07) is 6.11. The minimum atomic E-state index is 0.715. The monoisotopic (exact) mass is 299 g/mol. The first-order valence-corrected chi connectivity index (χ1v) is 8.03. The van der Waals surface area contributed by atoms with Crippen molar-refractivity contribution in [3.63, 3.8) is 0 Å². The Morgan fingerprint density at radius 3 is 3.05 bits per heavy atom. The van der Waals surface area contributed by atoms with Crippen LogP contribution < -0.4 is 10.1 Å². The number of rotatable bonds is 4. The molecule has 1 atom stereocenters. The lowest BCUT2D eigenvalue weighted by atomic mass is 9.98. The van der Waals surface area contributed by atoms with Crippen LogP contribution in [0.3, 0.4) is 0 Å². The molecule has 1 N–H and O–H groups in total. The van der Waals surface area contributed by atoms with Gasteiger partial charge in [0.25, 0.3) is 0 Å². The Morgan fingerprint density at radius 1 is 1.41 bits per heavy atom. The molecule has 1 fully saturated rings. The Labute approximate surface area is 132 Å². The molecule has 4 nitrogen and oxygen atoms in total. The van der Waals surface area contributed by atoms with E-state index < -0.39 is 0 Å². The van der Waals surface area contributed by atoms with Crippen LogP contribution in [0.5, 0.6) is 5.75 Å². The van der Waals surface area contributed by atoms with Crippen LogP contribution in [0.4, 0.5) is 5.69 Å². The summed E-state index contributed by atoms with van der Waals surface area (Å²) in [7, 11) is 3.91. The van der Waals surface area contributed by atoms with Crippen molar-refractivity contribution in [2.75, 3.05) is 39.1 Å². The summed E-state index contributed by atoms with van der Waals surface area (Å²) < 4.78 is 5.43. The molecule has 22 heavy (non-hydrogen) atoms. The molecule has 118 valence electrons. The molecule has 4 heteroatoms. The van der Waals surface area contributed by atoms with Gasteiger partial charge in [0.2, 0.25) is 0 Å². The highest BCUT2D eigenvalue weighted by Gasteiger charge is 2.18. The summed E-state index contributed by atoms with van der Waals surface area (Å²) in [6.07, 6.45) is 4.54. The number of aromatic nitrogens is 1. The number of hydrogen-bond donors (Lipinski definition) is 1. The molecule has 2 aromatic rings. The lowest BCUT2D eigenvalue weighted by Crippen LogP contribution is -2.35. The van der Waals surface area contributed by atoms with Crippen LogP contribution in [0, 0.1) is 12.8 Å². The molecule has 1 aliphatic heterocycles. The number of hydrogen-bond acceptors (Lipinski definition) is 4. The van der Waals surface area contributed by atoms with Crippen molar-refractivity contribution >= 4 is 16.6 Å². The van der Waals surface area contributed by atoms with E-state index in [1.807, 2.05) is 18.3 Å². The Bertz CT molecular complexity index is 656. The molecular weight excluding hydrogens is 274 g/mol. The third kappa shape index (κ3) is 3.02. The van der Waals surface area contributed by atoms with Gasteiger partial charge in [-0.3, -0.25) is 4.98 Å². The summed E-state index contributed by atoms with van der Waals surface area (Å²) in [5.41, 5.74) is 3.31. The molecule has 1 aromatic heterocycles. The standard InChI is InChI=1S/C18H25N3O/c1-13-10-19-18-15(7-4-8-16(18)22-3)17(13)20-11-14-6-5-9-21(2)12-14/h4,7-8,10,14H,5-6,9,11-12H2,1-3H3,(H,19,20). The van der Waals surface area contributed by atoms with Gasteiger partial charge in [-0.05, 0) is 50.9 Å². The second kappa shape index (κ2) is 6.53. The lowest BCUT2D eigenvalue weighted by Gasteiger charge is -2.30. The van der Waals surface area contributed by atoms with Crippen molar-refractivity contribution in [2.45, 2.75) is 19.8 Å². The number of nitrogens with zero attached hydrogens (tertiary/aromatic N) is 2. The quantitative estimate of drug-likeness (QED) is 0.940. The molecule has 1 saturated heterocycles. The van der Waals surface area contributed by atoms with Crippen molar-refractivity contribution in [2.24, 2.45) is 5.92 Å². The van der Waals surface area contributed by atoms with E-state index in [-0.39, 0.29) is 0 Å². The fraction of sp³-hybridized carbons (Fsp3) is 0.500. The number of benzene rings is 1. The van der Waals surface area contributed by atoms with Gasteiger partial charge in [-0.2, -0.15) is 0 Å². The molecule has 0 spiro atoms. The van der Waals surface area contributed by atoms with Crippen molar-refractivity contribution in [3.8, 4) is 5.75 Å². The first-order valence-electron chi connectivity index (χ1n) is 8.03. The number of aryl methyl sites for hydroxylation is 1. The molecule has 0 saturated carbocycles. The molecule has 0 bridgehead atoms. The molecular formula is C18H25N3O. The van der Waals surface area contributed by atoms with Crippen LogP contribution >= 0.6 is 0 Å². The van der Waals surface area contributed by atoms with Gasteiger partial charge in [0.1, 0.15) is 11.3 Å². The minimum Gasteiger partial charge on any atom is -0.494 e. The summed E-state index contributed by atoms with van der Waals surface area (Å²) in [6.45, 7) is 5.53. The summed E-state index contributed by atoms with van der Waals surface area (Å²) >= 11 is 0. The topological polar surface area (TPSA) is 37.4 Å². The maximum absolute atomic E-state index is 5.43. The lowest BCUT2D eigenvalue weighted by molar-refractivity contribution is 0.217. The number of para-hydroxylation sites is 1. The number of anilines is 1. The van der Waals surface area contributed by atoms with E-state index in [2.05, 4.69) is 35.2 Å². The summed E-state index contributed by atoms with van der Waals surface area (Å²) in [5.74, 6) is 1.55. The van der Waals surface area contributed by atoms with Crippen LogP contribution in [0.15, 0.2) is 24.4 Å². The van der Waals surface area contributed by atoms with Crippen LogP contribution in [-0.2, 0) is 0 Å². The Hall–Kier alpha value is -1.81. The van der Waals surface area contributed by atoms with E-state index in [0.29, 0.717) is 5.92 Å². The maximum atomic E-state index is 5.43. The molecule has 0 amide bonds. The summed E-state index contributed by atoms with van der Waals surface area (Å²) in [4.78, 5) is 6.97. The highest BCUT2D eigenvalue weighted by Crippen LogP contribution is 2.31. The van der Waals surface area contributed by atoms with Crippen molar-refractivity contribution in [1.82, 2.24) is 9.88 Å². The zero-order chi connectivity index (χ0) is 15.5. The first-order chi connectivity index (χ1) is 10.7. The van der Waals surface area contributed by atoms with Gasteiger partial charge in [0, 0.05) is 30.4 Å². The van der Waals surface area contributed by atoms with Gasteiger partial charge < -0.3 is 15.0 Å². The zero-order valence-electron chi connectivity index (χ0n) is 13.7. The second-order valence-corrected chi connectivity index (χ2v) is 6.32. The Morgan fingerprint density at radius 2 is 2.27 bits per heavy atom. The van der Waals surface area contributed by atoms with E-state index in [0.717, 1.165) is 23.2 Å². The van der Waals surface area contributed by atoms with Crippen molar-refractivity contribution < 1.29 is 4.74 Å². The van der Waals surface area contributed by atoms with Gasteiger partial charge in [-0.25, -0.2) is 0 Å². The van der Waals surface area contributed by atoms with E-state index in [4.69, 9.17) is 4.74 Å². The SMILES string of the molecule is COc1cccc2c(NCC3CCCN(C)C3)c(C)cnc12. The van der Waals surface area contributed by atoms with Gasteiger partial charge in [0.15, 0.2) is 0 Å².